The highest BCUT2D eigenvalue weighted by atomic mass is 19.4. The van der Waals surface area contributed by atoms with E-state index in [9.17, 15) is 26.7 Å². The van der Waals surface area contributed by atoms with Crippen LogP contribution in [0.3, 0.4) is 0 Å². The maximum absolute atomic E-state index is 12.8. The summed E-state index contributed by atoms with van der Waals surface area (Å²) in [6.07, 6.45) is -1.44. The second kappa shape index (κ2) is 7.04. The van der Waals surface area contributed by atoms with Crippen molar-refractivity contribution in [1.29, 1.82) is 0 Å². The molecule has 2 aromatic rings. The molecule has 0 atom stereocenters. The Labute approximate surface area is 145 Å². The van der Waals surface area contributed by atoms with Gasteiger partial charge in [-0.2, -0.15) is 36.8 Å². The van der Waals surface area contributed by atoms with Gasteiger partial charge in [-0.3, -0.25) is 9.48 Å². The molecule has 11 heteroatoms. The van der Waals surface area contributed by atoms with Gasteiger partial charge in [0.15, 0.2) is 5.69 Å². The molecule has 3 rings (SSSR count). The summed E-state index contributed by atoms with van der Waals surface area (Å²) < 4.78 is 65.4. The minimum absolute atomic E-state index is 0.0913. The quantitative estimate of drug-likeness (QED) is 0.595. The van der Waals surface area contributed by atoms with Crippen molar-refractivity contribution in [3.05, 3.63) is 35.4 Å². The van der Waals surface area contributed by atoms with Crippen LogP contribution in [0.5, 0.6) is 0 Å². The molecule has 26 heavy (non-hydrogen) atoms. The summed E-state index contributed by atoms with van der Waals surface area (Å²) in [7, 11) is 0. The van der Waals surface area contributed by atoms with E-state index in [1.54, 1.807) is 0 Å². The fourth-order valence-corrected chi connectivity index (χ4v) is 2.63. The second-order valence-electron chi connectivity index (χ2n) is 6.00. The maximum Gasteiger partial charge on any atom is 0.435 e. The Morgan fingerprint density at radius 3 is 2.69 bits per heavy atom. The van der Waals surface area contributed by atoms with Gasteiger partial charge in [0, 0.05) is 30.9 Å². The number of halogens is 5. The fraction of sp³-hybridized carbons (Fsp3) is 0.533. The number of aryl methyl sites for hydroxylation is 1. The van der Waals surface area contributed by atoms with Crippen LogP contribution < -0.4 is 5.32 Å². The van der Waals surface area contributed by atoms with Crippen LogP contribution in [0.1, 0.15) is 53.6 Å². The van der Waals surface area contributed by atoms with Gasteiger partial charge in [-0.1, -0.05) is 0 Å². The van der Waals surface area contributed by atoms with Crippen LogP contribution in [0, 0.1) is 0 Å². The molecule has 6 nitrogen and oxygen atoms in total. The Morgan fingerprint density at radius 2 is 2.08 bits per heavy atom. The van der Waals surface area contributed by atoms with E-state index in [1.807, 2.05) is 0 Å². The van der Waals surface area contributed by atoms with E-state index >= 15 is 0 Å². The normalized spacial score (nSPS) is 14.8. The molecular weight excluding hydrogens is 361 g/mol. The standard InChI is InChI=1S/C15H16F5N5O/c16-14(17)25-10(4-6-22-25)13(26)21-5-1-7-24-11(9-2-3-9)8-12(23-24)15(18,19)20/h4,6,8-9,14H,1-3,5,7H2,(H,21,26). The van der Waals surface area contributed by atoms with Gasteiger partial charge in [-0.25, -0.2) is 0 Å². The van der Waals surface area contributed by atoms with Crippen molar-refractivity contribution in [3.63, 3.8) is 0 Å². The summed E-state index contributed by atoms with van der Waals surface area (Å²) in [4.78, 5) is 11.9. The number of carbonyl (C=O) groups is 1. The number of carbonyl (C=O) groups excluding carboxylic acids is 1. The smallest absolute Gasteiger partial charge is 0.351 e. The van der Waals surface area contributed by atoms with Crippen molar-refractivity contribution in [2.45, 2.75) is 44.5 Å². The summed E-state index contributed by atoms with van der Waals surface area (Å²) in [6, 6.07) is 2.23. The first-order valence-corrected chi connectivity index (χ1v) is 8.02. The van der Waals surface area contributed by atoms with Gasteiger partial charge in [0.25, 0.3) is 5.91 Å². The number of rotatable bonds is 7. The van der Waals surface area contributed by atoms with E-state index < -0.39 is 24.3 Å². The van der Waals surface area contributed by atoms with Crippen molar-refractivity contribution < 1.29 is 26.7 Å². The van der Waals surface area contributed by atoms with Crippen LogP contribution in [-0.4, -0.2) is 32.0 Å². The van der Waals surface area contributed by atoms with E-state index in [0.717, 1.165) is 31.2 Å². The predicted octanol–water partition coefficient (Wildman–Crippen LogP) is 3.19. The van der Waals surface area contributed by atoms with Crippen LogP contribution in [0.15, 0.2) is 18.3 Å². The van der Waals surface area contributed by atoms with Gasteiger partial charge >= 0.3 is 12.7 Å². The van der Waals surface area contributed by atoms with E-state index in [-0.39, 0.29) is 24.7 Å². The average molecular weight is 377 g/mol. The molecule has 1 N–H and O–H groups in total. The highest BCUT2D eigenvalue weighted by Gasteiger charge is 2.37. The fourth-order valence-electron chi connectivity index (χ4n) is 2.63. The predicted molar refractivity (Wildman–Crippen MR) is 79.6 cm³/mol. The lowest BCUT2D eigenvalue weighted by Crippen LogP contribution is -2.28. The van der Waals surface area contributed by atoms with Gasteiger partial charge < -0.3 is 5.32 Å². The minimum atomic E-state index is -4.50. The molecule has 0 saturated heterocycles. The van der Waals surface area contributed by atoms with Gasteiger partial charge in [0.2, 0.25) is 0 Å². The minimum Gasteiger partial charge on any atom is -0.351 e. The second-order valence-corrected chi connectivity index (χ2v) is 6.00. The average Bonchev–Trinajstić information content (AvgIpc) is 3.11. The molecule has 0 bridgehead atoms. The molecule has 1 fully saturated rings. The Morgan fingerprint density at radius 1 is 1.35 bits per heavy atom. The first-order valence-electron chi connectivity index (χ1n) is 8.02. The third-order valence-corrected chi connectivity index (χ3v) is 4.02. The molecule has 0 aliphatic heterocycles. The molecular formula is C15H16F5N5O. The Bertz CT molecular complexity index is 778. The number of alkyl halides is 5. The van der Waals surface area contributed by atoms with Crippen molar-refractivity contribution in [2.24, 2.45) is 0 Å². The van der Waals surface area contributed by atoms with Gasteiger partial charge in [0.05, 0.1) is 0 Å². The molecule has 1 saturated carbocycles. The van der Waals surface area contributed by atoms with Crippen LogP contribution in [0.4, 0.5) is 22.0 Å². The van der Waals surface area contributed by atoms with Gasteiger partial charge in [0.1, 0.15) is 5.69 Å². The zero-order valence-electron chi connectivity index (χ0n) is 13.5. The van der Waals surface area contributed by atoms with E-state index in [1.165, 1.54) is 4.68 Å². The van der Waals surface area contributed by atoms with E-state index in [2.05, 4.69) is 15.5 Å². The van der Waals surface area contributed by atoms with E-state index in [0.29, 0.717) is 16.8 Å². The Hall–Kier alpha value is -2.46. The molecule has 142 valence electrons. The number of nitrogens with one attached hydrogen (secondary N) is 1. The monoisotopic (exact) mass is 377 g/mol. The molecule has 0 spiro atoms. The molecule has 2 aromatic heterocycles. The summed E-state index contributed by atoms with van der Waals surface area (Å²) in [5, 5.41) is 9.43. The number of nitrogens with zero attached hydrogens (tertiary/aromatic N) is 4. The van der Waals surface area contributed by atoms with Crippen molar-refractivity contribution in [1.82, 2.24) is 24.9 Å². The summed E-state index contributed by atoms with van der Waals surface area (Å²) in [5.74, 6) is -0.629. The van der Waals surface area contributed by atoms with E-state index in [4.69, 9.17) is 0 Å². The molecule has 1 aliphatic rings. The number of amides is 1. The Kier molecular flexibility index (Phi) is 4.97. The maximum atomic E-state index is 12.8. The highest BCUT2D eigenvalue weighted by molar-refractivity contribution is 5.92. The zero-order valence-corrected chi connectivity index (χ0v) is 13.5. The Balaban J connectivity index is 1.56. The largest absolute Gasteiger partial charge is 0.435 e. The molecule has 0 radical (unpaired) electrons. The lowest BCUT2D eigenvalue weighted by atomic mass is 10.2. The molecule has 2 heterocycles. The van der Waals surface area contributed by atoms with Crippen LogP contribution >= 0.6 is 0 Å². The van der Waals surface area contributed by atoms with Crippen LogP contribution in [0.25, 0.3) is 0 Å². The van der Waals surface area contributed by atoms with Crippen LogP contribution in [0.2, 0.25) is 0 Å². The van der Waals surface area contributed by atoms with Crippen molar-refractivity contribution in [3.8, 4) is 0 Å². The van der Waals surface area contributed by atoms with Crippen molar-refractivity contribution >= 4 is 5.91 Å². The summed E-state index contributed by atoms with van der Waals surface area (Å²) in [6.45, 7) is -2.63. The van der Waals surface area contributed by atoms with Crippen molar-refractivity contribution in [2.75, 3.05) is 6.54 Å². The number of aromatic nitrogens is 4. The lowest BCUT2D eigenvalue weighted by molar-refractivity contribution is -0.141. The van der Waals surface area contributed by atoms with Gasteiger partial charge in [-0.05, 0) is 31.4 Å². The van der Waals surface area contributed by atoms with Crippen LogP contribution in [-0.2, 0) is 12.7 Å². The first kappa shape index (κ1) is 18.3. The van der Waals surface area contributed by atoms with Gasteiger partial charge in [-0.15, -0.1) is 0 Å². The zero-order chi connectivity index (χ0) is 18.9. The SMILES string of the molecule is O=C(NCCCn1nc(C(F)(F)F)cc1C1CC1)c1ccnn1C(F)F. The molecule has 1 aliphatic carbocycles. The molecule has 0 aromatic carbocycles. The highest BCUT2D eigenvalue weighted by Crippen LogP contribution is 2.42. The summed E-state index contributed by atoms with van der Waals surface area (Å²) >= 11 is 0. The molecule has 1 amide bonds. The third-order valence-electron chi connectivity index (χ3n) is 4.02. The number of hydrogen-bond acceptors (Lipinski definition) is 3. The topological polar surface area (TPSA) is 64.7 Å². The molecule has 0 unspecified atom stereocenters. The number of hydrogen-bond donors (Lipinski definition) is 1. The third kappa shape index (κ3) is 4.02. The first-order chi connectivity index (χ1) is 12.3. The summed E-state index contributed by atoms with van der Waals surface area (Å²) in [5.41, 5.74) is -0.666. The lowest BCUT2D eigenvalue weighted by Gasteiger charge is -2.09.